The van der Waals surface area contributed by atoms with Crippen molar-refractivity contribution in [3.05, 3.63) is 65.6 Å². The molecule has 1 N–H and O–H groups in total. The number of piperidine rings is 3. The smallest absolute Gasteiger partial charge is 0.445 e. The normalized spacial score (nSPS) is 25.3. The zero-order valence-corrected chi connectivity index (χ0v) is 17.0. The van der Waals surface area contributed by atoms with Crippen LogP contribution in [0.3, 0.4) is 0 Å². The Morgan fingerprint density at radius 1 is 1.00 bits per heavy atom. The summed E-state index contributed by atoms with van der Waals surface area (Å²) in [6, 6.07) is 17.6. The summed E-state index contributed by atoms with van der Waals surface area (Å²) < 4.78 is 0.981. The van der Waals surface area contributed by atoms with Crippen LogP contribution < -0.4 is 4.90 Å². The van der Waals surface area contributed by atoms with Crippen molar-refractivity contribution >= 4 is 17.3 Å². The Kier molecular flexibility index (Phi) is 4.75. The average molecular weight is 391 g/mol. The van der Waals surface area contributed by atoms with Crippen molar-refractivity contribution in [1.82, 2.24) is 0 Å². The molecular formula is C25H30N2O2+2. The first-order chi connectivity index (χ1) is 14.2. The predicted octanol–water partition coefficient (Wildman–Crippen LogP) is 4.21. The van der Waals surface area contributed by atoms with Crippen LogP contribution >= 0.6 is 0 Å². The van der Waals surface area contributed by atoms with E-state index in [2.05, 4.69) is 53.4 Å². The number of aliphatic carboxylic acids is 1. The molecule has 3 fully saturated rings. The van der Waals surface area contributed by atoms with E-state index >= 15 is 0 Å². The number of rotatable bonds is 5. The molecule has 3 saturated heterocycles. The third kappa shape index (κ3) is 3.40. The number of hydrogen-bond donors (Lipinski definition) is 1. The Balaban J connectivity index is 1.35. The quantitative estimate of drug-likeness (QED) is 0.614. The molecule has 0 aliphatic carbocycles. The maximum atomic E-state index is 11.7. The zero-order valence-electron chi connectivity index (χ0n) is 17.0. The van der Waals surface area contributed by atoms with Gasteiger partial charge in [-0.1, -0.05) is 36.4 Å². The van der Waals surface area contributed by atoms with E-state index in [1.807, 2.05) is 0 Å². The van der Waals surface area contributed by atoms with Gasteiger partial charge in [-0.3, -0.25) is 4.48 Å². The van der Waals surface area contributed by atoms with Gasteiger partial charge in [-0.2, -0.15) is 4.79 Å². The molecule has 0 aromatic heterocycles. The van der Waals surface area contributed by atoms with Crippen molar-refractivity contribution < 1.29 is 14.4 Å². The molecule has 0 atom stereocenters. The molecule has 2 aromatic carbocycles. The number of fused-ring (bicyclic) bond motifs is 5. The number of benzene rings is 2. The SMILES string of the molecule is O=C(O)[C+]1C[N+]2(CCCN3c4ccccc4CCc4ccccc43)CCC1CC2. The number of quaternary nitrogens is 1. The number of nitrogens with zero attached hydrogens (tertiary/aromatic N) is 2. The van der Waals surface area contributed by atoms with Gasteiger partial charge < -0.3 is 10.0 Å². The van der Waals surface area contributed by atoms with Gasteiger partial charge in [0, 0.05) is 37.2 Å². The molecule has 4 heteroatoms. The van der Waals surface area contributed by atoms with Crippen molar-refractivity contribution in [3.8, 4) is 0 Å². The molecule has 0 spiro atoms. The maximum absolute atomic E-state index is 11.7. The number of aryl methyl sites for hydroxylation is 2. The van der Waals surface area contributed by atoms with Crippen LogP contribution in [0.2, 0.25) is 0 Å². The van der Waals surface area contributed by atoms with E-state index < -0.39 is 5.97 Å². The number of para-hydroxylation sites is 2. The summed E-state index contributed by atoms with van der Waals surface area (Å²) in [5.74, 6) is 0.456. The molecule has 0 unspecified atom stereocenters. The zero-order chi connectivity index (χ0) is 19.8. The second kappa shape index (κ2) is 7.42. The predicted molar refractivity (Wildman–Crippen MR) is 115 cm³/mol. The lowest BCUT2D eigenvalue weighted by atomic mass is 9.77. The summed E-state index contributed by atoms with van der Waals surface area (Å²) in [7, 11) is 0. The maximum Gasteiger partial charge on any atom is 0.503 e. The molecule has 29 heavy (non-hydrogen) atoms. The van der Waals surface area contributed by atoms with E-state index in [1.165, 1.54) is 22.5 Å². The minimum Gasteiger partial charge on any atom is -0.445 e. The van der Waals surface area contributed by atoms with Crippen LogP contribution in [0.25, 0.3) is 0 Å². The fourth-order valence-electron chi connectivity index (χ4n) is 5.83. The van der Waals surface area contributed by atoms with E-state index in [1.54, 1.807) is 0 Å². The fourth-order valence-corrected chi connectivity index (χ4v) is 5.83. The number of carboxylic acids is 1. The summed E-state index contributed by atoms with van der Waals surface area (Å²) in [6.07, 6.45) is 5.36. The molecular weight excluding hydrogens is 360 g/mol. The molecule has 2 bridgehead atoms. The van der Waals surface area contributed by atoms with Gasteiger partial charge in [0.2, 0.25) is 6.54 Å². The van der Waals surface area contributed by atoms with Gasteiger partial charge in [0.25, 0.3) is 5.92 Å². The van der Waals surface area contributed by atoms with E-state index in [0.29, 0.717) is 5.92 Å². The summed E-state index contributed by atoms with van der Waals surface area (Å²) in [6.45, 7) is 5.11. The molecule has 150 valence electrons. The van der Waals surface area contributed by atoms with E-state index in [9.17, 15) is 9.90 Å². The van der Waals surface area contributed by atoms with Crippen LogP contribution in [0.4, 0.5) is 11.4 Å². The number of carbonyl (C=O) groups is 1. The van der Waals surface area contributed by atoms with Crippen LogP contribution in [0.15, 0.2) is 48.5 Å². The van der Waals surface area contributed by atoms with Crippen LogP contribution in [0.1, 0.15) is 30.4 Å². The number of carboxylic acid groups (broad SMARTS) is 1. The van der Waals surface area contributed by atoms with Gasteiger partial charge in [0.15, 0.2) is 0 Å². The summed E-state index contributed by atoms with van der Waals surface area (Å²) >= 11 is 0. The Labute approximate surface area is 173 Å². The lowest BCUT2D eigenvalue weighted by Gasteiger charge is -2.46. The highest BCUT2D eigenvalue weighted by atomic mass is 16.4. The van der Waals surface area contributed by atoms with Gasteiger partial charge in [0.05, 0.1) is 19.6 Å². The summed E-state index contributed by atoms with van der Waals surface area (Å²) in [5.41, 5.74) is 5.53. The molecule has 0 amide bonds. The molecule has 4 nitrogen and oxygen atoms in total. The molecule has 0 radical (unpaired) electrons. The fraction of sp³-hybridized carbons (Fsp3) is 0.440. The van der Waals surface area contributed by atoms with Crippen molar-refractivity contribution in [2.45, 2.75) is 32.1 Å². The van der Waals surface area contributed by atoms with Crippen molar-refractivity contribution in [1.29, 1.82) is 0 Å². The van der Waals surface area contributed by atoms with Crippen molar-refractivity contribution in [3.63, 3.8) is 0 Å². The lowest BCUT2D eigenvalue weighted by molar-refractivity contribution is -0.938. The van der Waals surface area contributed by atoms with Gasteiger partial charge in [-0.15, -0.1) is 0 Å². The second-order valence-corrected chi connectivity index (χ2v) is 9.04. The molecule has 0 saturated carbocycles. The van der Waals surface area contributed by atoms with Crippen LogP contribution in [0, 0.1) is 11.8 Å². The minimum absolute atomic E-state index is 0.330. The molecule has 4 heterocycles. The van der Waals surface area contributed by atoms with E-state index in [-0.39, 0.29) is 0 Å². The van der Waals surface area contributed by atoms with Crippen LogP contribution in [0.5, 0.6) is 0 Å². The number of hydrogen-bond acceptors (Lipinski definition) is 2. The topological polar surface area (TPSA) is 40.5 Å². The first-order valence-electron chi connectivity index (χ1n) is 11.0. The first-order valence-corrected chi connectivity index (χ1v) is 11.0. The minimum atomic E-state index is -0.660. The highest BCUT2D eigenvalue weighted by Gasteiger charge is 2.57. The van der Waals surface area contributed by atoms with Gasteiger partial charge >= 0.3 is 5.97 Å². The van der Waals surface area contributed by atoms with Gasteiger partial charge in [0.1, 0.15) is 5.92 Å². The highest BCUT2D eigenvalue weighted by molar-refractivity contribution is 5.83. The van der Waals surface area contributed by atoms with Gasteiger partial charge in [-0.05, 0) is 36.1 Å². The van der Waals surface area contributed by atoms with Crippen molar-refractivity contribution in [2.75, 3.05) is 37.6 Å². The Bertz CT molecular complexity index is 854. The first kappa shape index (κ1) is 18.6. The molecule has 2 aromatic rings. The largest absolute Gasteiger partial charge is 0.503 e. The van der Waals surface area contributed by atoms with Crippen LogP contribution in [-0.4, -0.2) is 48.3 Å². The Morgan fingerprint density at radius 3 is 2.17 bits per heavy atom. The third-order valence-electron chi connectivity index (χ3n) is 7.42. The lowest BCUT2D eigenvalue weighted by Crippen LogP contribution is -2.62. The average Bonchev–Trinajstić information content (AvgIpc) is 2.92. The third-order valence-corrected chi connectivity index (χ3v) is 7.42. The monoisotopic (exact) mass is 390 g/mol. The standard InChI is InChI=1S/C25H29N2O2/c28-25(29)22-18-27(16-12-19(22)13-17-27)15-5-14-26-23-8-3-1-6-20(23)10-11-21-7-2-4-9-24(21)26/h1-4,6-9,19H,5,10-18H2/q+1/p+1. The van der Waals surface area contributed by atoms with Gasteiger partial charge in [-0.25, -0.2) is 0 Å². The van der Waals surface area contributed by atoms with Crippen LogP contribution in [-0.2, 0) is 17.6 Å². The van der Waals surface area contributed by atoms with E-state index in [4.69, 9.17) is 0 Å². The van der Waals surface area contributed by atoms with Crippen molar-refractivity contribution in [2.24, 2.45) is 5.92 Å². The molecule has 6 rings (SSSR count). The number of anilines is 2. The Morgan fingerprint density at radius 2 is 1.59 bits per heavy atom. The Hall–Kier alpha value is -2.46. The highest BCUT2D eigenvalue weighted by Crippen LogP contribution is 2.40. The summed E-state index contributed by atoms with van der Waals surface area (Å²) in [5, 5.41) is 9.60. The molecule has 4 aliphatic heterocycles. The second-order valence-electron chi connectivity index (χ2n) is 9.04. The summed E-state index contributed by atoms with van der Waals surface area (Å²) in [4.78, 5) is 14.2. The van der Waals surface area contributed by atoms with E-state index in [0.717, 1.165) is 75.2 Å². The molecule has 4 aliphatic rings.